The Labute approximate surface area is 259 Å². The third-order valence-corrected chi connectivity index (χ3v) is 10.3. The first-order valence-corrected chi connectivity index (χ1v) is 16.1. The molecule has 6 rings (SSSR count). The second-order valence-electron chi connectivity index (χ2n) is 9.78. The van der Waals surface area contributed by atoms with Gasteiger partial charge in [0.1, 0.15) is 11.1 Å². The van der Waals surface area contributed by atoms with E-state index in [4.69, 9.17) is 4.74 Å². The van der Waals surface area contributed by atoms with Crippen LogP contribution in [0.25, 0.3) is 0 Å². The molecule has 2 aromatic carbocycles. The number of carbonyl (C=O) groups is 3. The maximum absolute atomic E-state index is 14.1. The molecule has 2 amide bonds. The molecule has 2 aliphatic rings. The number of thioether (sulfide) groups is 2. The lowest BCUT2D eigenvalue weighted by Crippen LogP contribution is -2.71. The molecule has 0 bridgehead atoms. The maximum atomic E-state index is 14.1. The van der Waals surface area contributed by atoms with Crippen molar-refractivity contribution in [2.45, 2.75) is 41.3 Å². The standard InChI is InChI=1S/C29H26N6O5S3/c1-17(43-29-30-32-33-31-29)21-16-42-27-24(35(39)22(36)15-20-13-8-14-41-20)26(37)34(27)23(21)28(38)40-25(18-9-4-2-5-10-18)19-11-6-3-7-12-19/h2-14,17,24-25,27,39H,15-16H2,1H3,(H,30,31,32,33)/t17?,24?,27-/m1/s1. The minimum Gasteiger partial charge on any atom is -0.448 e. The SMILES string of the molecule is CC(Sc1nn[nH]n1)C1=C(C(=O)OC(c2ccccc2)c2ccccc2)N2C(=O)C(N(O)C(=O)Cc3cccs3)[C@H]2SC1. The normalized spacial score (nSPS) is 18.7. The first-order valence-electron chi connectivity index (χ1n) is 13.3. The molecule has 1 saturated heterocycles. The van der Waals surface area contributed by atoms with Crippen molar-refractivity contribution in [3.8, 4) is 0 Å². The number of rotatable bonds is 10. The molecule has 4 heterocycles. The van der Waals surface area contributed by atoms with Gasteiger partial charge in [-0.3, -0.25) is 19.7 Å². The third kappa shape index (κ3) is 5.95. The molecule has 0 aliphatic carbocycles. The lowest BCUT2D eigenvalue weighted by Gasteiger charge is -2.51. The average molecular weight is 635 g/mol. The molecule has 11 nitrogen and oxygen atoms in total. The van der Waals surface area contributed by atoms with Crippen LogP contribution >= 0.6 is 34.9 Å². The molecule has 0 spiro atoms. The summed E-state index contributed by atoms with van der Waals surface area (Å²) in [5.74, 6) is -1.47. The third-order valence-electron chi connectivity index (χ3n) is 7.12. The van der Waals surface area contributed by atoms with Crippen LogP contribution < -0.4 is 0 Å². The number of H-pyrrole nitrogens is 1. The number of carbonyl (C=O) groups excluding carboxylic acids is 3. The molecule has 0 saturated carbocycles. The second-order valence-corrected chi connectivity index (χ2v) is 13.2. The zero-order valence-corrected chi connectivity index (χ0v) is 25.2. The van der Waals surface area contributed by atoms with E-state index >= 15 is 0 Å². The number of hydrogen-bond acceptors (Lipinski definition) is 11. The van der Waals surface area contributed by atoms with E-state index in [0.29, 0.717) is 21.5 Å². The quantitative estimate of drug-likeness (QED) is 0.0862. The van der Waals surface area contributed by atoms with Crippen molar-refractivity contribution in [1.29, 1.82) is 0 Å². The van der Waals surface area contributed by atoms with Crippen LogP contribution in [-0.2, 0) is 25.5 Å². The Balaban J connectivity index is 1.31. The Bertz CT molecular complexity index is 1580. The summed E-state index contributed by atoms with van der Waals surface area (Å²) in [5, 5.41) is 26.6. The Morgan fingerprint density at radius 2 is 1.81 bits per heavy atom. The molecule has 2 unspecified atom stereocenters. The van der Waals surface area contributed by atoms with Gasteiger partial charge >= 0.3 is 5.97 Å². The molecule has 2 aromatic heterocycles. The molecular weight excluding hydrogens is 609 g/mol. The van der Waals surface area contributed by atoms with E-state index in [2.05, 4.69) is 20.6 Å². The molecule has 220 valence electrons. The summed E-state index contributed by atoms with van der Waals surface area (Å²) in [6.45, 7) is 1.89. The molecular formula is C29H26N6O5S3. The number of amides is 2. The van der Waals surface area contributed by atoms with Crippen LogP contribution in [0.2, 0.25) is 0 Å². The molecule has 0 radical (unpaired) electrons. The number of aromatic nitrogens is 4. The Morgan fingerprint density at radius 3 is 2.42 bits per heavy atom. The highest BCUT2D eigenvalue weighted by Crippen LogP contribution is 2.45. The smallest absolute Gasteiger partial charge is 0.356 e. The van der Waals surface area contributed by atoms with Crippen molar-refractivity contribution in [2.75, 3.05) is 5.75 Å². The highest BCUT2D eigenvalue weighted by molar-refractivity contribution is 8.01. The minimum absolute atomic E-state index is 0.0282. The number of thiophene rings is 1. The van der Waals surface area contributed by atoms with Gasteiger partial charge in [0, 0.05) is 15.9 Å². The van der Waals surface area contributed by atoms with Crippen molar-refractivity contribution in [1.82, 2.24) is 30.6 Å². The number of tetrazole rings is 1. The predicted molar refractivity (Wildman–Crippen MR) is 161 cm³/mol. The minimum atomic E-state index is -1.12. The monoisotopic (exact) mass is 634 g/mol. The van der Waals surface area contributed by atoms with Crippen LogP contribution in [-0.4, -0.2) is 76.0 Å². The number of β-lactam (4-membered cyclic amide) rings is 1. The Kier molecular flexibility index (Phi) is 8.61. The number of hydrogen-bond donors (Lipinski definition) is 2. The fraction of sp³-hybridized carbons (Fsp3) is 0.241. The van der Waals surface area contributed by atoms with Gasteiger partial charge in [-0.2, -0.15) is 5.21 Å². The number of nitrogens with one attached hydrogen (secondary N) is 1. The highest BCUT2D eigenvalue weighted by atomic mass is 32.2. The molecule has 43 heavy (non-hydrogen) atoms. The van der Waals surface area contributed by atoms with Gasteiger partial charge in [-0.15, -0.1) is 33.3 Å². The summed E-state index contributed by atoms with van der Waals surface area (Å²) < 4.78 is 6.19. The molecule has 14 heteroatoms. The van der Waals surface area contributed by atoms with Gasteiger partial charge in [0.25, 0.3) is 11.8 Å². The largest absolute Gasteiger partial charge is 0.448 e. The first-order chi connectivity index (χ1) is 20.9. The van der Waals surface area contributed by atoms with E-state index < -0.39 is 35.3 Å². The zero-order chi connectivity index (χ0) is 29.9. The Morgan fingerprint density at radius 1 is 1.12 bits per heavy atom. The zero-order valence-electron chi connectivity index (χ0n) is 22.8. The van der Waals surface area contributed by atoms with Crippen molar-refractivity contribution in [3.63, 3.8) is 0 Å². The number of nitrogens with zero attached hydrogens (tertiary/aromatic N) is 5. The van der Waals surface area contributed by atoms with Gasteiger partial charge in [0.05, 0.1) is 6.42 Å². The summed E-state index contributed by atoms with van der Waals surface area (Å²) in [6.07, 6.45) is -0.759. The molecule has 4 aromatic rings. The molecule has 3 atom stereocenters. The van der Waals surface area contributed by atoms with E-state index in [1.807, 2.05) is 79.0 Å². The number of hydroxylamine groups is 2. The van der Waals surface area contributed by atoms with Crippen molar-refractivity contribution in [2.24, 2.45) is 0 Å². The van der Waals surface area contributed by atoms with Crippen molar-refractivity contribution < 1.29 is 24.3 Å². The highest BCUT2D eigenvalue weighted by Gasteiger charge is 2.58. The van der Waals surface area contributed by atoms with Gasteiger partial charge in [-0.1, -0.05) is 78.5 Å². The number of esters is 1. The average Bonchev–Trinajstić information content (AvgIpc) is 3.74. The van der Waals surface area contributed by atoms with Crippen LogP contribution in [0.3, 0.4) is 0 Å². The molecule has 1 fully saturated rings. The van der Waals surface area contributed by atoms with E-state index in [1.54, 1.807) is 6.07 Å². The topological polar surface area (TPSA) is 142 Å². The Hall–Kier alpha value is -3.98. The second kappa shape index (κ2) is 12.7. The van der Waals surface area contributed by atoms with Gasteiger partial charge in [-0.25, -0.2) is 9.86 Å². The van der Waals surface area contributed by atoms with Gasteiger partial charge in [0.2, 0.25) is 5.16 Å². The summed E-state index contributed by atoms with van der Waals surface area (Å²) in [6, 6.07) is 21.2. The van der Waals surface area contributed by atoms with Gasteiger partial charge in [0.15, 0.2) is 12.1 Å². The van der Waals surface area contributed by atoms with Crippen molar-refractivity contribution >= 4 is 52.6 Å². The van der Waals surface area contributed by atoms with E-state index in [9.17, 15) is 19.6 Å². The number of ether oxygens (including phenoxy) is 1. The fourth-order valence-corrected chi connectivity index (χ4v) is 8.14. The van der Waals surface area contributed by atoms with Crippen LogP contribution in [0.1, 0.15) is 29.0 Å². The van der Waals surface area contributed by atoms with E-state index in [1.165, 1.54) is 39.8 Å². The number of benzene rings is 2. The fourth-order valence-electron chi connectivity index (χ4n) is 4.99. The summed E-state index contributed by atoms with van der Waals surface area (Å²) in [5.41, 5.74) is 2.30. The summed E-state index contributed by atoms with van der Waals surface area (Å²) in [4.78, 5) is 42.8. The van der Waals surface area contributed by atoms with Crippen LogP contribution in [0.5, 0.6) is 0 Å². The van der Waals surface area contributed by atoms with Gasteiger partial charge in [-0.05, 0) is 40.3 Å². The maximum Gasteiger partial charge on any atom is 0.356 e. The van der Waals surface area contributed by atoms with Gasteiger partial charge < -0.3 is 4.74 Å². The summed E-state index contributed by atoms with van der Waals surface area (Å²) >= 11 is 4.05. The lowest BCUT2D eigenvalue weighted by atomic mass is 9.99. The van der Waals surface area contributed by atoms with Crippen molar-refractivity contribution in [3.05, 3.63) is 105 Å². The predicted octanol–water partition coefficient (Wildman–Crippen LogP) is 4.07. The van der Waals surface area contributed by atoms with Crippen LogP contribution in [0.4, 0.5) is 0 Å². The number of fused-ring (bicyclic) bond motifs is 1. The first kappa shape index (κ1) is 29.1. The molecule has 2 N–H and O–H groups in total. The van der Waals surface area contributed by atoms with E-state index in [0.717, 1.165) is 16.0 Å². The summed E-state index contributed by atoms with van der Waals surface area (Å²) in [7, 11) is 0. The number of aromatic amines is 1. The van der Waals surface area contributed by atoms with Crippen LogP contribution in [0.15, 0.2) is 94.6 Å². The molecule has 2 aliphatic heterocycles. The van der Waals surface area contributed by atoms with E-state index in [-0.39, 0.29) is 17.4 Å². The lowest BCUT2D eigenvalue weighted by molar-refractivity contribution is -0.197. The van der Waals surface area contributed by atoms with Crippen LogP contribution in [0, 0.1) is 0 Å².